The largest absolute Gasteiger partial charge is 0.497 e. The van der Waals surface area contributed by atoms with Crippen LogP contribution in [0.2, 0.25) is 0 Å². The summed E-state index contributed by atoms with van der Waals surface area (Å²) in [4.78, 5) is 6.64. The van der Waals surface area contributed by atoms with Crippen LogP contribution in [0.15, 0.2) is 54.7 Å². The predicted octanol–water partition coefficient (Wildman–Crippen LogP) is 5.02. The number of ether oxygens (including phenoxy) is 2. The number of rotatable bonds is 8. The number of piperidine rings is 1. The van der Waals surface area contributed by atoms with Crippen molar-refractivity contribution < 1.29 is 19.0 Å². The second kappa shape index (κ2) is 12.0. The Morgan fingerprint density at radius 2 is 1.94 bits per heavy atom. The van der Waals surface area contributed by atoms with Crippen LogP contribution < -0.4 is 9.47 Å². The molecule has 6 heteroatoms. The molecule has 2 heterocycles. The zero-order valence-corrected chi connectivity index (χ0v) is 20.4. The summed E-state index contributed by atoms with van der Waals surface area (Å²) in [5.74, 6) is 8.35. The standard InChI is InChI=1S/C29H33FN2O3/c1-34-24-7-3-5-21(17-24)6-4-15-32-16-13-22(23(19-32)20-33)8-10-28(30)26-12-14-31-29-11-9-25(35-2)18-27(26)29/h3,5,7,9,11-12,14,17-18,22-23,28,33H,8,10,13,15-16,19-20H2,1-2H3/t22-,23-,28?/m1/s1. The van der Waals surface area contributed by atoms with Crippen LogP contribution in [0.4, 0.5) is 4.39 Å². The molecule has 1 aliphatic rings. The van der Waals surface area contributed by atoms with Gasteiger partial charge in [0.15, 0.2) is 0 Å². The maximum absolute atomic E-state index is 15.4. The summed E-state index contributed by atoms with van der Waals surface area (Å²) in [5.41, 5.74) is 2.34. The minimum absolute atomic E-state index is 0.108. The van der Waals surface area contributed by atoms with E-state index in [1.807, 2.05) is 42.5 Å². The lowest BCUT2D eigenvalue weighted by atomic mass is 9.81. The van der Waals surface area contributed by atoms with Gasteiger partial charge < -0.3 is 14.6 Å². The molecule has 0 radical (unpaired) electrons. The molecule has 0 saturated carbocycles. The van der Waals surface area contributed by atoms with Crippen molar-refractivity contribution in [3.63, 3.8) is 0 Å². The summed E-state index contributed by atoms with van der Waals surface area (Å²) in [6.07, 6.45) is 2.68. The highest BCUT2D eigenvalue weighted by atomic mass is 19.1. The van der Waals surface area contributed by atoms with Crippen molar-refractivity contribution in [2.75, 3.05) is 40.5 Å². The molecule has 35 heavy (non-hydrogen) atoms. The molecule has 1 aliphatic heterocycles. The van der Waals surface area contributed by atoms with Crippen LogP contribution in [-0.4, -0.2) is 55.5 Å². The van der Waals surface area contributed by atoms with E-state index in [4.69, 9.17) is 9.47 Å². The van der Waals surface area contributed by atoms with Gasteiger partial charge in [-0.3, -0.25) is 9.88 Å². The number of aliphatic hydroxyl groups excluding tert-OH is 1. The molecule has 184 valence electrons. The molecule has 0 spiro atoms. The molecular formula is C29H33FN2O3. The number of nitrogens with zero attached hydrogens (tertiary/aromatic N) is 2. The van der Waals surface area contributed by atoms with Crippen molar-refractivity contribution in [1.82, 2.24) is 9.88 Å². The van der Waals surface area contributed by atoms with E-state index in [0.717, 1.165) is 48.1 Å². The molecule has 0 bridgehead atoms. The van der Waals surface area contributed by atoms with Crippen LogP contribution in [0.5, 0.6) is 11.5 Å². The quantitative estimate of drug-likeness (QED) is 0.463. The van der Waals surface area contributed by atoms with Gasteiger partial charge in [-0.1, -0.05) is 17.9 Å². The first kappa shape index (κ1) is 25.0. The maximum Gasteiger partial charge on any atom is 0.126 e. The SMILES string of the molecule is COc1cccc(C#CCN2CC[C@@H](CCC(F)c3ccnc4ccc(OC)cc34)[C@@H](CO)C2)c1. The van der Waals surface area contributed by atoms with Crippen LogP contribution in [0.3, 0.4) is 0 Å². The number of aliphatic hydroxyl groups is 1. The van der Waals surface area contributed by atoms with Gasteiger partial charge in [0.1, 0.15) is 17.7 Å². The lowest BCUT2D eigenvalue weighted by molar-refractivity contribution is 0.0708. The molecule has 5 nitrogen and oxygen atoms in total. The van der Waals surface area contributed by atoms with Crippen molar-refractivity contribution in [1.29, 1.82) is 0 Å². The summed E-state index contributed by atoms with van der Waals surface area (Å²) in [7, 11) is 3.25. The number of halogens is 1. The Hall–Kier alpha value is -3.14. The van der Waals surface area contributed by atoms with E-state index >= 15 is 4.39 Å². The number of hydrogen-bond donors (Lipinski definition) is 1. The second-order valence-electron chi connectivity index (χ2n) is 9.09. The van der Waals surface area contributed by atoms with Crippen LogP contribution in [0, 0.1) is 23.7 Å². The van der Waals surface area contributed by atoms with E-state index in [9.17, 15) is 5.11 Å². The predicted molar refractivity (Wildman–Crippen MR) is 136 cm³/mol. The average Bonchev–Trinajstić information content (AvgIpc) is 2.91. The van der Waals surface area contributed by atoms with Crippen molar-refractivity contribution in [3.8, 4) is 23.3 Å². The van der Waals surface area contributed by atoms with E-state index in [1.54, 1.807) is 26.5 Å². The van der Waals surface area contributed by atoms with E-state index < -0.39 is 6.17 Å². The Balaban J connectivity index is 1.33. The van der Waals surface area contributed by atoms with Crippen molar-refractivity contribution in [3.05, 3.63) is 65.9 Å². The summed E-state index contributed by atoms with van der Waals surface area (Å²) >= 11 is 0. The van der Waals surface area contributed by atoms with Crippen molar-refractivity contribution in [2.45, 2.75) is 25.4 Å². The summed E-state index contributed by atoms with van der Waals surface area (Å²) in [6.45, 7) is 2.44. The lowest BCUT2D eigenvalue weighted by Gasteiger charge is -2.37. The number of likely N-dealkylation sites (tertiary alicyclic amines) is 1. The topological polar surface area (TPSA) is 54.8 Å². The van der Waals surface area contributed by atoms with Crippen LogP contribution in [0.25, 0.3) is 10.9 Å². The van der Waals surface area contributed by atoms with E-state index in [0.29, 0.717) is 30.2 Å². The zero-order valence-electron chi connectivity index (χ0n) is 20.4. The number of hydrogen-bond acceptors (Lipinski definition) is 5. The monoisotopic (exact) mass is 476 g/mol. The van der Waals surface area contributed by atoms with Gasteiger partial charge in [0.25, 0.3) is 0 Å². The fourth-order valence-electron chi connectivity index (χ4n) is 4.90. The number of benzene rings is 2. The normalized spacial score (nSPS) is 19.1. The fraction of sp³-hybridized carbons (Fsp3) is 0.414. The lowest BCUT2D eigenvalue weighted by Crippen LogP contribution is -2.42. The van der Waals surface area contributed by atoms with Crippen molar-refractivity contribution in [2.24, 2.45) is 11.8 Å². The fourth-order valence-corrected chi connectivity index (χ4v) is 4.90. The third-order valence-electron chi connectivity index (χ3n) is 6.93. The van der Waals surface area contributed by atoms with Gasteiger partial charge in [-0.2, -0.15) is 0 Å². The molecule has 1 fully saturated rings. The smallest absolute Gasteiger partial charge is 0.126 e. The number of fused-ring (bicyclic) bond motifs is 1. The highest BCUT2D eigenvalue weighted by Gasteiger charge is 2.29. The Labute approximate surface area is 206 Å². The third kappa shape index (κ3) is 6.30. The first-order valence-electron chi connectivity index (χ1n) is 12.1. The highest BCUT2D eigenvalue weighted by Crippen LogP contribution is 2.35. The molecule has 1 N–H and O–H groups in total. The molecule has 3 atom stereocenters. The van der Waals surface area contributed by atoms with Gasteiger partial charge in [0.05, 0.1) is 26.3 Å². The highest BCUT2D eigenvalue weighted by molar-refractivity contribution is 5.83. The van der Waals surface area contributed by atoms with Crippen LogP contribution in [0.1, 0.15) is 36.6 Å². The van der Waals surface area contributed by atoms with Crippen molar-refractivity contribution >= 4 is 10.9 Å². The van der Waals surface area contributed by atoms with Gasteiger partial charge in [-0.25, -0.2) is 4.39 Å². The van der Waals surface area contributed by atoms with Crippen LogP contribution in [-0.2, 0) is 0 Å². The average molecular weight is 477 g/mol. The van der Waals surface area contributed by atoms with E-state index in [1.165, 1.54) is 0 Å². The minimum atomic E-state index is -1.08. The molecule has 1 unspecified atom stereocenters. The zero-order chi connectivity index (χ0) is 24.6. The Kier molecular flexibility index (Phi) is 8.57. The number of pyridine rings is 1. The van der Waals surface area contributed by atoms with E-state index in [-0.39, 0.29) is 12.5 Å². The summed E-state index contributed by atoms with van der Waals surface area (Å²) < 4.78 is 25.9. The third-order valence-corrected chi connectivity index (χ3v) is 6.93. The van der Waals surface area contributed by atoms with Gasteiger partial charge in [-0.15, -0.1) is 0 Å². The second-order valence-corrected chi connectivity index (χ2v) is 9.09. The Bertz CT molecular complexity index is 1190. The summed E-state index contributed by atoms with van der Waals surface area (Å²) in [6, 6.07) is 15.0. The first-order valence-corrected chi connectivity index (χ1v) is 12.1. The Morgan fingerprint density at radius 1 is 1.11 bits per heavy atom. The maximum atomic E-state index is 15.4. The molecule has 1 saturated heterocycles. The number of methoxy groups -OCH3 is 2. The molecule has 2 aromatic carbocycles. The van der Waals surface area contributed by atoms with Gasteiger partial charge in [0, 0.05) is 30.3 Å². The van der Waals surface area contributed by atoms with E-state index in [2.05, 4.69) is 21.7 Å². The number of aromatic nitrogens is 1. The van der Waals surface area contributed by atoms with Gasteiger partial charge in [0.2, 0.25) is 0 Å². The number of alkyl halides is 1. The first-order chi connectivity index (χ1) is 17.1. The molecule has 0 aliphatic carbocycles. The van der Waals surface area contributed by atoms with Crippen LogP contribution >= 0.6 is 0 Å². The molecule has 0 amide bonds. The Morgan fingerprint density at radius 3 is 2.74 bits per heavy atom. The molecular weight excluding hydrogens is 443 g/mol. The molecule has 1 aromatic heterocycles. The minimum Gasteiger partial charge on any atom is -0.497 e. The van der Waals surface area contributed by atoms with Gasteiger partial charge >= 0.3 is 0 Å². The molecule has 4 rings (SSSR count). The van der Waals surface area contributed by atoms with Gasteiger partial charge in [-0.05, 0) is 85.7 Å². The summed E-state index contributed by atoms with van der Waals surface area (Å²) in [5, 5.41) is 10.8. The molecule has 3 aromatic rings.